The molecular weight excluding hydrogens is 440 g/mol. The Bertz CT molecular complexity index is 1160. The first-order chi connectivity index (χ1) is 14.8. The van der Waals surface area contributed by atoms with Gasteiger partial charge in [0.2, 0.25) is 17.7 Å². The van der Waals surface area contributed by atoms with Crippen molar-refractivity contribution in [3.05, 3.63) is 48.0 Å². The molecule has 0 unspecified atom stereocenters. The Labute approximate surface area is 182 Å². The van der Waals surface area contributed by atoms with Crippen LogP contribution in [-0.4, -0.2) is 42.6 Å². The molecule has 31 heavy (non-hydrogen) atoms. The third-order valence-electron chi connectivity index (χ3n) is 5.97. The number of benzene rings is 1. The highest BCUT2D eigenvalue weighted by Gasteiger charge is 2.59. The standard InChI is InChI=1S/C20H18N4O5S2/c25-15(10-24-18(26)16-11-1-2-12(9-11)17(16)19(24)27)22-13-3-5-14(6-4-13)31(28,29)23-20-21-7-8-30-20/h1-8,11-12,16-17H,9-10H2,(H,21,23)(H,22,25)/t11-,12+,16+,17-. The average Bonchev–Trinajstić information content (AvgIpc) is 3.51. The summed E-state index contributed by atoms with van der Waals surface area (Å²) in [5.74, 6) is -1.58. The minimum Gasteiger partial charge on any atom is -0.325 e. The van der Waals surface area contributed by atoms with Gasteiger partial charge in [0.05, 0.1) is 16.7 Å². The van der Waals surface area contributed by atoms with Gasteiger partial charge in [-0.1, -0.05) is 12.2 Å². The summed E-state index contributed by atoms with van der Waals surface area (Å²) in [5.41, 5.74) is 0.360. The molecule has 2 bridgehead atoms. The summed E-state index contributed by atoms with van der Waals surface area (Å²) in [6, 6.07) is 5.60. The van der Waals surface area contributed by atoms with Crippen LogP contribution in [0.5, 0.6) is 0 Å². The molecule has 2 aliphatic carbocycles. The zero-order chi connectivity index (χ0) is 21.8. The van der Waals surface area contributed by atoms with Gasteiger partial charge < -0.3 is 5.32 Å². The number of thiazole rings is 1. The van der Waals surface area contributed by atoms with Gasteiger partial charge in [0.25, 0.3) is 10.0 Å². The highest BCUT2D eigenvalue weighted by atomic mass is 32.2. The van der Waals surface area contributed by atoms with Gasteiger partial charge in [0, 0.05) is 17.3 Å². The summed E-state index contributed by atoms with van der Waals surface area (Å²) in [5, 5.41) is 4.52. The number of anilines is 2. The minimum absolute atomic E-state index is 0.0152. The highest BCUT2D eigenvalue weighted by molar-refractivity contribution is 7.93. The zero-order valence-electron chi connectivity index (χ0n) is 16.1. The summed E-state index contributed by atoms with van der Waals surface area (Å²) in [6.45, 7) is -0.351. The van der Waals surface area contributed by atoms with Crippen molar-refractivity contribution < 1.29 is 22.8 Å². The number of sulfonamides is 1. The number of carbonyl (C=O) groups excluding carboxylic acids is 3. The molecule has 5 rings (SSSR count). The van der Waals surface area contributed by atoms with E-state index in [1.54, 1.807) is 5.38 Å². The Hall–Kier alpha value is -3.05. The number of fused-ring (bicyclic) bond motifs is 5. The quantitative estimate of drug-likeness (QED) is 0.501. The highest BCUT2D eigenvalue weighted by Crippen LogP contribution is 2.52. The van der Waals surface area contributed by atoms with Crippen molar-refractivity contribution in [1.29, 1.82) is 0 Å². The Balaban J connectivity index is 1.22. The summed E-state index contributed by atoms with van der Waals surface area (Å²) >= 11 is 1.16. The number of nitrogens with zero attached hydrogens (tertiary/aromatic N) is 2. The maximum absolute atomic E-state index is 12.7. The number of likely N-dealkylation sites (tertiary alicyclic amines) is 1. The van der Waals surface area contributed by atoms with Gasteiger partial charge in [-0.3, -0.25) is 24.0 Å². The van der Waals surface area contributed by atoms with E-state index < -0.39 is 15.9 Å². The lowest BCUT2D eigenvalue weighted by atomic mass is 9.85. The van der Waals surface area contributed by atoms with Crippen LogP contribution < -0.4 is 10.0 Å². The van der Waals surface area contributed by atoms with Crippen LogP contribution in [0.15, 0.2) is 52.9 Å². The molecule has 11 heteroatoms. The fraction of sp³-hybridized carbons (Fsp3) is 0.300. The monoisotopic (exact) mass is 458 g/mol. The van der Waals surface area contributed by atoms with Crippen LogP contribution in [0.4, 0.5) is 10.8 Å². The molecule has 2 N–H and O–H groups in total. The topological polar surface area (TPSA) is 126 Å². The lowest BCUT2D eigenvalue weighted by Crippen LogP contribution is -2.39. The van der Waals surface area contributed by atoms with Crippen LogP contribution in [0.25, 0.3) is 0 Å². The lowest BCUT2D eigenvalue weighted by Gasteiger charge is -2.17. The molecule has 9 nitrogen and oxygen atoms in total. The van der Waals surface area contributed by atoms with Gasteiger partial charge in [-0.05, 0) is 42.5 Å². The number of hydrogen-bond donors (Lipinski definition) is 2. The van der Waals surface area contributed by atoms with Crippen LogP contribution in [0.2, 0.25) is 0 Å². The maximum atomic E-state index is 12.7. The molecular formula is C20H18N4O5S2. The molecule has 3 amide bonds. The summed E-state index contributed by atoms with van der Waals surface area (Å²) in [6.07, 6.45) is 6.32. The van der Waals surface area contributed by atoms with E-state index in [0.29, 0.717) is 5.69 Å². The molecule has 1 aromatic heterocycles. The number of rotatable bonds is 6. The normalized spacial score (nSPS) is 26.4. The average molecular weight is 459 g/mol. The van der Waals surface area contributed by atoms with Crippen LogP contribution in [0, 0.1) is 23.7 Å². The number of amides is 3. The van der Waals surface area contributed by atoms with Crippen molar-refractivity contribution in [3.63, 3.8) is 0 Å². The van der Waals surface area contributed by atoms with Gasteiger partial charge in [-0.2, -0.15) is 0 Å². The molecule has 2 heterocycles. The van der Waals surface area contributed by atoms with Crippen molar-refractivity contribution in [2.24, 2.45) is 23.7 Å². The molecule has 1 saturated carbocycles. The van der Waals surface area contributed by atoms with Crippen LogP contribution in [0.3, 0.4) is 0 Å². The molecule has 1 aromatic carbocycles. The molecule has 160 valence electrons. The minimum atomic E-state index is -3.79. The predicted molar refractivity (Wildman–Crippen MR) is 112 cm³/mol. The molecule has 4 atom stereocenters. The molecule has 2 fully saturated rings. The number of aromatic nitrogens is 1. The maximum Gasteiger partial charge on any atom is 0.263 e. The Morgan fingerprint density at radius 2 is 1.74 bits per heavy atom. The number of allylic oxidation sites excluding steroid dienone is 2. The van der Waals surface area contributed by atoms with Gasteiger partial charge in [0.1, 0.15) is 6.54 Å². The van der Waals surface area contributed by atoms with E-state index >= 15 is 0 Å². The Morgan fingerprint density at radius 1 is 1.10 bits per heavy atom. The molecule has 1 saturated heterocycles. The fourth-order valence-electron chi connectivity index (χ4n) is 4.63. The Kier molecular flexibility index (Phi) is 4.67. The van der Waals surface area contributed by atoms with Gasteiger partial charge >= 0.3 is 0 Å². The van der Waals surface area contributed by atoms with Crippen molar-refractivity contribution in [3.8, 4) is 0 Å². The largest absolute Gasteiger partial charge is 0.325 e. The zero-order valence-corrected chi connectivity index (χ0v) is 17.7. The lowest BCUT2D eigenvalue weighted by molar-refractivity contribution is -0.143. The van der Waals surface area contributed by atoms with Crippen molar-refractivity contribution in [1.82, 2.24) is 9.88 Å². The number of carbonyl (C=O) groups is 3. The summed E-state index contributed by atoms with van der Waals surface area (Å²) in [4.78, 5) is 42.7. The second kappa shape index (κ2) is 7.27. The van der Waals surface area contributed by atoms with E-state index in [9.17, 15) is 22.8 Å². The van der Waals surface area contributed by atoms with E-state index in [1.807, 2.05) is 12.2 Å². The van der Waals surface area contributed by atoms with E-state index in [0.717, 1.165) is 22.7 Å². The van der Waals surface area contributed by atoms with Crippen LogP contribution in [0.1, 0.15) is 6.42 Å². The van der Waals surface area contributed by atoms with Crippen molar-refractivity contribution >= 4 is 49.9 Å². The molecule has 3 aliphatic rings. The number of imide groups is 1. The van der Waals surface area contributed by atoms with Gasteiger partial charge in [-0.15, -0.1) is 11.3 Å². The Morgan fingerprint density at radius 3 is 2.32 bits per heavy atom. The number of hydrogen-bond acceptors (Lipinski definition) is 7. The molecule has 1 aliphatic heterocycles. The molecule has 0 radical (unpaired) electrons. The van der Waals surface area contributed by atoms with E-state index in [4.69, 9.17) is 0 Å². The number of nitrogens with one attached hydrogen (secondary N) is 2. The summed E-state index contributed by atoms with van der Waals surface area (Å²) < 4.78 is 27.1. The third kappa shape index (κ3) is 3.43. The van der Waals surface area contributed by atoms with E-state index in [2.05, 4.69) is 15.0 Å². The smallest absolute Gasteiger partial charge is 0.263 e. The first-order valence-corrected chi connectivity index (χ1v) is 12.1. The third-order valence-corrected chi connectivity index (χ3v) is 8.14. The second-order valence-corrected chi connectivity index (χ2v) is 10.4. The second-order valence-electron chi connectivity index (χ2n) is 7.78. The molecule has 0 spiro atoms. The first kappa shape index (κ1) is 19.9. The van der Waals surface area contributed by atoms with Crippen LogP contribution in [-0.2, 0) is 24.4 Å². The van der Waals surface area contributed by atoms with E-state index in [1.165, 1.54) is 30.5 Å². The van der Waals surface area contributed by atoms with Crippen molar-refractivity contribution in [2.75, 3.05) is 16.6 Å². The summed E-state index contributed by atoms with van der Waals surface area (Å²) in [7, 11) is -3.79. The fourth-order valence-corrected chi connectivity index (χ4v) is 6.42. The molecule has 2 aromatic rings. The first-order valence-electron chi connectivity index (χ1n) is 9.69. The SMILES string of the molecule is O=C(CN1C(=O)[C@@H]2[C@H](C1=O)[C@H]1C=C[C@@H]2C1)Nc1ccc(S(=O)(=O)Nc2nccs2)cc1. The van der Waals surface area contributed by atoms with Crippen LogP contribution >= 0.6 is 11.3 Å². The predicted octanol–water partition coefficient (Wildman–Crippen LogP) is 1.69. The van der Waals surface area contributed by atoms with Crippen molar-refractivity contribution in [2.45, 2.75) is 11.3 Å². The van der Waals surface area contributed by atoms with Gasteiger partial charge in [-0.25, -0.2) is 13.4 Å². The van der Waals surface area contributed by atoms with E-state index in [-0.39, 0.29) is 52.1 Å². The van der Waals surface area contributed by atoms with Gasteiger partial charge in [0.15, 0.2) is 5.13 Å².